The summed E-state index contributed by atoms with van der Waals surface area (Å²) in [5, 5.41) is 1.12. The maximum absolute atomic E-state index is 6.19. The van der Waals surface area contributed by atoms with Gasteiger partial charge in [-0.25, -0.2) is 9.97 Å². The molecule has 0 amide bonds. The lowest BCUT2D eigenvalue weighted by Gasteiger charge is -2.07. The van der Waals surface area contributed by atoms with E-state index in [2.05, 4.69) is 9.97 Å². The molecule has 1 aromatic heterocycles. The molecule has 0 saturated carbocycles. The Morgan fingerprint density at radius 3 is 2.33 bits per heavy atom. The minimum atomic E-state index is 0.412. The third-order valence-corrected chi connectivity index (χ3v) is 3.86. The lowest BCUT2D eigenvalue weighted by Crippen LogP contribution is -1.98. The zero-order valence-electron chi connectivity index (χ0n) is 11.1. The Hall–Kier alpha value is -1.90. The Morgan fingerprint density at radius 2 is 1.57 bits per heavy atom. The molecule has 0 N–H and O–H groups in total. The van der Waals surface area contributed by atoms with E-state index in [9.17, 15) is 0 Å². The molecule has 0 aliphatic carbocycles. The molecule has 1 heterocycles. The molecule has 0 aliphatic rings. The van der Waals surface area contributed by atoms with Crippen LogP contribution in [-0.2, 0) is 6.42 Å². The van der Waals surface area contributed by atoms with Crippen LogP contribution in [0.2, 0.25) is 10.2 Å². The van der Waals surface area contributed by atoms with E-state index in [0.29, 0.717) is 16.6 Å². The largest absolute Gasteiger partial charge is 0.248 e. The van der Waals surface area contributed by atoms with E-state index < -0.39 is 0 Å². The van der Waals surface area contributed by atoms with E-state index in [1.165, 1.54) is 0 Å². The quantitative estimate of drug-likeness (QED) is 0.676. The maximum atomic E-state index is 6.19. The second kappa shape index (κ2) is 6.25. The summed E-state index contributed by atoms with van der Waals surface area (Å²) in [6.07, 6.45) is 2.25. The lowest BCUT2D eigenvalue weighted by atomic mass is 10.1. The fourth-order valence-electron chi connectivity index (χ4n) is 2.10. The van der Waals surface area contributed by atoms with Crippen LogP contribution in [0.5, 0.6) is 0 Å². The Morgan fingerprint density at radius 1 is 0.857 bits per heavy atom. The van der Waals surface area contributed by atoms with Crippen molar-refractivity contribution in [3.63, 3.8) is 0 Å². The van der Waals surface area contributed by atoms with Gasteiger partial charge in [0, 0.05) is 17.0 Å². The first kappa shape index (κ1) is 14.1. The summed E-state index contributed by atoms with van der Waals surface area (Å²) in [5.74, 6) is 0. The Bertz CT molecular complexity index is 758. The molecule has 3 rings (SSSR count). The molecule has 104 valence electrons. The summed E-state index contributed by atoms with van der Waals surface area (Å²) in [6.45, 7) is 0. The molecule has 0 radical (unpaired) electrons. The van der Waals surface area contributed by atoms with E-state index in [0.717, 1.165) is 22.5 Å². The first-order valence-corrected chi connectivity index (χ1v) is 7.30. The molecule has 4 heteroatoms. The normalized spacial score (nSPS) is 10.6. The second-order valence-electron chi connectivity index (χ2n) is 4.63. The summed E-state index contributed by atoms with van der Waals surface area (Å²) in [5.41, 5.74) is 3.54. The van der Waals surface area contributed by atoms with Gasteiger partial charge in [-0.3, -0.25) is 0 Å². The molecule has 0 spiro atoms. The average Bonchev–Trinajstić information content (AvgIpc) is 2.52. The van der Waals surface area contributed by atoms with E-state index >= 15 is 0 Å². The van der Waals surface area contributed by atoms with Crippen LogP contribution in [0.4, 0.5) is 0 Å². The van der Waals surface area contributed by atoms with Gasteiger partial charge in [0.15, 0.2) is 5.15 Å². The van der Waals surface area contributed by atoms with Gasteiger partial charge in [0.1, 0.15) is 0 Å². The van der Waals surface area contributed by atoms with Crippen molar-refractivity contribution >= 4 is 23.2 Å². The molecule has 0 fully saturated rings. The minimum absolute atomic E-state index is 0.412. The van der Waals surface area contributed by atoms with Crippen LogP contribution in [0, 0.1) is 0 Å². The zero-order chi connectivity index (χ0) is 14.7. The molecule has 2 nitrogen and oxygen atoms in total. The van der Waals surface area contributed by atoms with Crippen molar-refractivity contribution < 1.29 is 0 Å². The first-order valence-electron chi connectivity index (χ1n) is 6.54. The second-order valence-corrected chi connectivity index (χ2v) is 5.39. The maximum Gasteiger partial charge on any atom is 0.150 e. The molecule has 0 atom stereocenters. The summed E-state index contributed by atoms with van der Waals surface area (Å²) >= 11 is 12.4. The van der Waals surface area contributed by atoms with Gasteiger partial charge in [0.25, 0.3) is 0 Å². The van der Waals surface area contributed by atoms with Gasteiger partial charge in [0.05, 0.1) is 17.6 Å². The van der Waals surface area contributed by atoms with Gasteiger partial charge in [-0.1, -0.05) is 71.7 Å². The number of aromatic nitrogens is 2. The molecule has 0 unspecified atom stereocenters. The van der Waals surface area contributed by atoms with E-state index in [1.54, 1.807) is 6.20 Å². The Kier molecular flexibility index (Phi) is 4.18. The van der Waals surface area contributed by atoms with Crippen molar-refractivity contribution in [2.45, 2.75) is 6.42 Å². The van der Waals surface area contributed by atoms with Crippen molar-refractivity contribution in [2.24, 2.45) is 0 Å². The molecule has 3 aromatic rings. The summed E-state index contributed by atoms with van der Waals surface area (Å²) in [4.78, 5) is 8.87. The van der Waals surface area contributed by atoms with E-state index in [1.807, 2.05) is 54.6 Å². The number of rotatable bonds is 3. The van der Waals surface area contributed by atoms with Crippen LogP contribution in [0.3, 0.4) is 0 Å². The molecule has 21 heavy (non-hydrogen) atoms. The van der Waals surface area contributed by atoms with Crippen molar-refractivity contribution in [3.8, 4) is 11.3 Å². The van der Waals surface area contributed by atoms with Crippen LogP contribution in [-0.4, -0.2) is 9.97 Å². The van der Waals surface area contributed by atoms with Crippen molar-refractivity contribution in [3.05, 3.63) is 82.2 Å². The smallest absolute Gasteiger partial charge is 0.150 e. The molecule has 2 aromatic carbocycles. The van der Waals surface area contributed by atoms with E-state index in [4.69, 9.17) is 23.2 Å². The SMILES string of the molecule is Clc1ccccc1Cc1nc(-c2ccccc2)cnc1Cl. The highest BCUT2D eigenvalue weighted by Crippen LogP contribution is 2.24. The van der Waals surface area contributed by atoms with E-state index in [-0.39, 0.29) is 0 Å². The molecule has 0 aliphatic heterocycles. The summed E-state index contributed by atoms with van der Waals surface area (Å²) < 4.78 is 0. The predicted molar refractivity (Wildman–Crippen MR) is 86.7 cm³/mol. The highest BCUT2D eigenvalue weighted by molar-refractivity contribution is 6.31. The summed E-state index contributed by atoms with van der Waals surface area (Å²) in [6, 6.07) is 17.6. The van der Waals surface area contributed by atoms with Gasteiger partial charge in [0.2, 0.25) is 0 Å². The average molecular weight is 315 g/mol. The molecule has 0 saturated heterocycles. The third kappa shape index (κ3) is 3.23. The van der Waals surface area contributed by atoms with Gasteiger partial charge in [-0.15, -0.1) is 0 Å². The van der Waals surface area contributed by atoms with Crippen molar-refractivity contribution in [1.82, 2.24) is 9.97 Å². The van der Waals surface area contributed by atoms with Crippen molar-refractivity contribution in [2.75, 3.05) is 0 Å². The van der Waals surface area contributed by atoms with Crippen LogP contribution in [0.25, 0.3) is 11.3 Å². The Labute approximate surface area is 133 Å². The third-order valence-electron chi connectivity index (χ3n) is 3.18. The lowest BCUT2D eigenvalue weighted by molar-refractivity contribution is 1.04. The van der Waals surface area contributed by atoms with Crippen LogP contribution < -0.4 is 0 Å². The minimum Gasteiger partial charge on any atom is -0.248 e. The fraction of sp³-hybridized carbons (Fsp3) is 0.0588. The van der Waals surface area contributed by atoms with Gasteiger partial charge < -0.3 is 0 Å². The number of benzene rings is 2. The highest BCUT2D eigenvalue weighted by Gasteiger charge is 2.09. The fourth-order valence-corrected chi connectivity index (χ4v) is 2.46. The van der Waals surface area contributed by atoms with Crippen LogP contribution in [0.1, 0.15) is 11.3 Å². The predicted octanol–water partition coefficient (Wildman–Crippen LogP) is 5.04. The zero-order valence-corrected chi connectivity index (χ0v) is 12.6. The number of nitrogens with zero attached hydrogens (tertiary/aromatic N) is 2. The Balaban J connectivity index is 1.98. The molecule has 0 bridgehead atoms. The van der Waals surface area contributed by atoms with Gasteiger partial charge in [-0.05, 0) is 11.6 Å². The summed E-state index contributed by atoms with van der Waals surface area (Å²) in [7, 11) is 0. The monoisotopic (exact) mass is 314 g/mol. The number of halogens is 2. The molecular weight excluding hydrogens is 303 g/mol. The standard InChI is InChI=1S/C17H12Cl2N2/c18-14-9-5-4-8-13(14)10-15-17(19)20-11-16(21-15)12-6-2-1-3-7-12/h1-9,11H,10H2. The van der Waals surface area contributed by atoms with Crippen LogP contribution >= 0.6 is 23.2 Å². The topological polar surface area (TPSA) is 25.8 Å². The van der Waals surface area contributed by atoms with Gasteiger partial charge >= 0.3 is 0 Å². The number of hydrogen-bond acceptors (Lipinski definition) is 2. The van der Waals surface area contributed by atoms with Crippen LogP contribution in [0.15, 0.2) is 60.8 Å². The highest BCUT2D eigenvalue weighted by atomic mass is 35.5. The first-order chi connectivity index (χ1) is 10.2. The molecular formula is C17H12Cl2N2. The van der Waals surface area contributed by atoms with Crippen molar-refractivity contribution in [1.29, 1.82) is 0 Å². The van der Waals surface area contributed by atoms with Gasteiger partial charge in [-0.2, -0.15) is 0 Å². The number of hydrogen-bond donors (Lipinski definition) is 0.